The summed E-state index contributed by atoms with van der Waals surface area (Å²) in [5.41, 5.74) is -0.458. The van der Waals surface area contributed by atoms with Crippen molar-refractivity contribution in [3.8, 4) is 0 Å². The molecule has 0 aliphatic carbocycles. The van der Waals surface area contributed by atoms with E-state index in [1.165, 1.54) is 0 Å². The van der Waals surface area contributed by atoms with E-state index in [4.69, 9.17) is 4.74 Å². The summed E-state index contributed by atoms with van der Waals surface area (Å²) in [5, 5.41) is 9.50. The van der Waals surface area contributed by atoms with Crippen LogP contribution in [0.25, 0.3) is 0 Å². The van der Waals surface area contributed by atoms with E-state index in [1.54, 1.807) is 27.6 Å². The van der Waals surface area contributed by atoms with Crippen LogP contribution in [0.1, 0.15) is 66.2 Å². The Kier molecular flexibility index (Phi) is 8.47. The fourth-order valence-electron chi connectivity index (χ4n) is 6.17. The lowest BCUT2D eigenvalue weighted by atomic mass is 9.66. The minimum Gasteiger partial charge on any atom is -0.465 e. The molecule has 3 saturated heterocycles. The van der Waals surface area contributed by atoms with Crippen LogP contribution < -0.4 is 0 Å². The number of unbranched alkanes of at least 4 members (excludes halogenated alkanes) is 2. The number of carbonyl (C=O) groups is 3. The molecule has 8 heteroatoms. The summed E-state index contributed by atoms with van der Waals surface area (Å²) in [6.07, 6.45) is 7.92. The van der Waals surface area contributed by atoms with Crippen LogP contribution in [-0.2, 0) is 19.1 Å². The van der Waals surface area contributed by atoms with Gasteiger partial charge in [-0.3, -0.25) is 14.4 Å². The monoisotopic (exact) mass is 506 g/mol. The molecule has 5 atom stereocenters. The number of allylic oxidation sites excluding steroid dienone is 1. The Balaban J connectivity index is 1.96. The predicted octanol–water partition coefficient (Wildman–Crippen LogP) is 3.56. The Bertz CT molecular complexity index is 855. The topological polar surface area (TPSA) is 87.1 Å². The molecule has 3 aliphatic rings. The third-order valence-corrected chi connectivity index (χ3v) is 9.74. The highest BCUT2D eigenvalue weighted by molar-refractivity contribution is 8.02. The molecule has 7 nitrogen and oxygen atoms in total. The highest BCUT2D eigenvalue weighted by Crippen LogP contribution is 2.71. The number of rotatable bonds is 12. The Hall–Kier alpha value is -1.80. The lowest BCUT2D eigenvalue weighted by Crippen LogP contribution is -2.58. The molecule has 1 N–H and O–H groups in total. The summed E-state index contributed by atoms with van der Waals surface area (Å²) >= 11 is 1.65. The van der Waals surface area contributed by atoms with E-state index < -0.39 is 32.9 Å². The second-order valence-corrected chi connectivity index (χ2v) is 13.1. The van der Waals surface area contributed by atoms with Gasteiger partial charge in [-0.25, -0.2) is 0 Å². The number of fused-ring (bicyclic) bond motifs is 1. The molecule has 0 aromatic rings. The normalized spacial score (nSPS) is 31.4. The van der Waals surface area contributed by atoms with Crippen molar-refractivity contribution in [3.05, 3.63) is 25.3 Å². The second kappa shape index (κ2) is 10.7. The molecule has 0 saturated carbocycles. The number of aliphatic hydroxyl groups excluding tert-OH is 1. The Morgan fingerprint density at radius 3 is 2.54 bits per heavy atom. The first-order valence-corrected chi connectivity index (χ1v) is 13.6. The van der Waals surface area contributed by atoms with Crippen molar-refractivity contribution in [2.45, 2.75) is 87.3 Å². The highest BCUT2D eigenvalue weighted by atomic mass is 32.2. The number of nitrogens with zero attached hydrogens (tertiary/aromatic N) is 2. The number of carbonyl (C=O) groups excluding carboxylic acids is 3. The Morgan fingerprint density at radius 2 is 1.94 bits per heavy atom. The lowest BCUT2D eigenvalue weighted by molar-refractivity contribution is -0.155. The van der Waals surface area contributed by atoms with Crippen molar-refractivity contribution in [2.75, 3.05) is 26.3 Å². The number of esters is 1. The molecular formula is C27H42N2O5S. The first kappa shape index (κ1) is 27.8. The van der Waals surface area contributed by atoms with Crippen molar-refractivity contribution in [2.24, 2.45) is 11.8 Å². The standard InChI is InChI=1S/C27H42N2O5S/c1-7-9-10-11-18-34-24(33)20-19-22(31)28(16-12-17-30)21(27(19)14-13-26(20,6)35-27)23(32)29(15-8-2)25(3,4)5/h7-8,19-21,30H,1-2,9-18H2,3-6H3/t19-,20-,21?,26+,27?/m0/s1. The average Bonchev–Trinajstić information content (AvgIpc) is 3.35. The number of likely N-dealkylation sites (tertiary alicyclic amines) is 1. The second-order valence-electron chi connectivity index (χ2n) is 11.2. The Morgan fingerprint density at radius 1 is 1.23 bits per heavy atom. The molecular weight excluding hydrogens is 464 g/mol. The number of ether oxygens (including phenoxy) is 1. The maximum atomic E-state index is 14.2. The van der Waals surface area contributed by atoms with E-state index in [0.717, 1.165) is 25.7 Å². The van der Waals surface area contributed by atoms with Gasteiger partial charge in [0.05, 0.1) is 23.2 Å². The summed E-state index contributed by atoms with van der Waals surface area (Å²) in [7, 11) is 0. The van der Waals surface area contributed by atoms with Crippen molar-refractivity contribution >= 4 is 29.5 Å². The summed E-state index contributed by atoms with van der Waals surface area (Å²) in [6, 6.07) is -0.678. The van der Waals surface area contributed by atoms with Gasteiger partial charge in [0.2, 0.25) is 11.8 Å². The van der Waals surface area contributed by atoms with Crippen molar-refractivity contribution in [1.29, 1.82) is 0 Å². The molecule has 2 amide bonds. The van der Waals surface area contributed by atoms with Crippen LogP contribution in [0.2, 0.25) is 0 Å². The van der Waals surface area contributed by atoms with Crippen LogP contribution >= 0.6 is 11.8 Å². The van der Waals surface area contributed by atoms with Gasteiger partial charge in [0.15, 0.2) is 0 Å². The van der Waals surface area contributed by atoms with E-state index >= 15 is 0 Å². The third-order valence-electron chi connectivity index (χ3n) is 7.76. The summed E-state index contributed by atoms with van der Waals surface area (Å²) in [6.45, 7) is 16.5. The van der Waals surface area contributed by atoms with E-state index in [1.807, 2.05) is 33.8 Å². The van der Waals surface area contributed by atoms with Gasteiger partial charge in [-0.05, 0) is 66.2 Å². The van der Waals surface area contributed by atoms with Gasteiger partial charge in [-0.1, -0.05) is 12.2 Å². The lowest BCUT2D eigenvalue weighted by Gasteiger charge is -2.42. The van der Waals surface area contributed by atoms with Gasteiger partial charge in [-0.2, -0.15) is 0 Å². The molecule has 0 aromatic carbocycles. The molecule has 3 aliphatic heterocycles. The molecule has 1 spiro atoms. The van der Waals surface area contributed by atoms with Crippen molar-refractivity contribution in [1.82, 2.24) is 9.80 Å². The van der Waals surface area contributed by atoms with Crippen LogP contribution in [0.3, 0.4) is 0 Å². The maximum Gasteiger partial charge on any atom is 0.311 e. The van der Waals surface area contributed by atoms with Crippen LogP contribution in [0.4, 0.5) is 0 Å². The number of amides is 2. The molecule has 0 aromatic heterocycles. The summed E-state index contributed by atoms with van der Waals surface area (Å²) in [4.78, 5) is 44.9. The molecule has 3 rings (SSSR count). The van der Waals surface area contributed by atoms with E-state index in [-0.39, 0.29) is 30.9 Å². The van der Waals surface area contributed by atoms with E-state index in [2.05, 4.69) is 13.2 Å². The minimum atomic E-state index is -0.678. The first-order chi connectivity index (χ1) is 16.5. The molecule has 3 heterocycles. The van der Waals surface area contributed by atoms with Crippen LogP contribution in [-0.4, -0.2) is 80.1 Å². The summed E-state index contributed by atoms with van der Waals surface area (Å²) in [5.74, 6) is -1.77. The first-order valence-electron chi connectivity index (χ1n) is 12.8. The molecule has 2 unspecified atom stereocenters. The molecule has 2 bridgehead atoms. The third kappa shape index (κ3) is 4.93. The van der Waals surface area contributed by atoms with E-state index in [0.29, 0.717) is 26.0 Å². The van der Waals surface area contributed by atoms with Crippen molar-refractivity contribution in [3.63, 3.8) is 0 Å². The van der Waals surface area contributed by atoms with Crippen molar-refractivity contribution < 1.29 is 24.2 Å². The van der Waals surface area contributed by atoms with Crippen LogP contribution in [0.15, 0.2) is 25.3 Å². The van der Waals surface area contributed by atoms with Gasteiger partial charge >= 0.3 is 5.97 Å². The minimum absolute atomic E-state index is 0.0704. The fourth-order valence-corrected chi connectivity index (χ4v) is 8.51. The smallest absolute Gasteiger partial charge is 0.311 e. The zero-order chi connectivity index (χ0) is 26.0. The van der Waals surface area contributed by atoms with Crippen LogP contribution in [0.5, 0.6) is 0 Å². The quantitative estimate of drug-likeness (QED) is 0.247. The number of hydrogen-bond acceptors (Lipinski definition) is 6. The summed E-state index contributed by atoms with van der Waals surface area (Å²) < 4.78 is 4.58. The van der Waals surface area contributed by atoms with Gasteiger partial charge in [-0.15, -0.1) is 24.9 Å². The van der Waals surface area contributed by atoms with Gasteiger partial charge < -0.3 is 19.6 Å². The highest BCUT2D eigenvalue weighted by Gasteiger charge is 2.77. The molecule has 196 valence electrons. The van der Waals surface area contributed by atoms with Gasteiger partial charge in [0.1, 0.15) is 6.04 Å². The maximum absolute atomic E-state index is 14.2. The van der Waals surface area contributed by atoms with Crippen LogP contribution in [0, 0.1) is 11.8 Å². The fraction of sp³-hybridized carbons (Fsp3) is 0.741. The number of thioether (sulfide) groups is 1. The SMILES string of the molecule is C=CCCCCOC(=O)[C@@H]1[C@H]2C(=O)N(CCCO)C(C(=O)N(CC=C)C(C)(C)C)C23CC[C@@]1(C)S3. The Labute approximate surface area is 214 Å². The zero-order valence-electron chi connectivity index (χ0n) is 21.8. The predicted molar refractivity (Wildman–Crippen MR) is 139 cm³/mol. The molecule has 0 radical (unpaired) electrons. The number of aliphatic hydroxyl groups is 1. The molecule has 3 fully saturated rings. The van der Waals surface area contributed by atoms with Gasteiger partial charge in [0.25, 0.3) is 0 Å². The average molecular weight is 507 g/mol. The number of hydrogen-bond donors (Lipinski definition) is 1. The van der Waals surface area contributed by atoms with Gasteiger partial charge in [0, 0.05) is 30.0 Å². The molecule has 35 heavy (non-hydrogen) atoms. The largest absolute Gasteiger partial charge is 0.465 e. The van der Waals surface area contributed by atoms with E-state index in [9.17, 15) is 19.5 Å². The zero-order valence-corrected chi connectivity index (χ0v) is 22.6.